The summed E-state index contributed by atoms with van der Waals surface area (Å²) in [4.78, 5) is 2.94. The second kappa shape index (κ2) is 5.05. The molecule has 0 aliphatic rings. The third kappa shape index (κ3) is 3.35. The minimum Gasteiger partial charge on any atom is -0.361 e. The monoisotopic (exact) mass is 349 g/mol. The van der Waals surface area contributed by atoms with Crippen LogP contribution in [0.1, 0.15) is 5.56 Å². The van der Waals surface area contributed by atoms with E-state index in [2.05, 4.69) is 4.98 Å². The van der Waals surface area contributed by atoms with Crippen LogP contribution in [0.5, 0.6) is 0 Å². The predicted molar refractivity (Wildman–Crippen MR) is 59.3 cm³/mol. The molecule has 0 atom stereocenters. The third-order valence-electron chi connectivity index (χ3n) is 2.01. The SMILES string of the molecule is O=S(=O)(O)Cc1c[nH]c2ccccc12.[Ba+2]. The van der Waals surface area contributed by atoms with Gasteiger partial charge in [0.15, 0.2) is 0 Å². The number of H-pyrrole nitrogens is 1. The van der Waals surface area contributed by atoms with Crippen LogP contribution in [0, 0.1) is 0 Å². The van der Waals surface area contributed by atoms with E-state index in [1.54, 1.807) is 6.20 Å². The summed E-state index contributed by atoms with van der Waals surface area (Å²) in [6.07, 6.45) is 1.60. The first-order valence-electron chi connectivity index (χ1n) is 4.06. The molecule has 0 spiro atoms. The Morgan fingerprint density at radius 1 is 1.27 bits per heavy atom. The Balaban J connectivity index is 0.00000112. The van der Waals surface area contributed by atoms with E-state index in [0.717, 1.165) is 10.9 Å². The van der Waals surface area contributed by atoms with E-state index in [1.807, 2.05) is 24.3 Å². The summed E-state index contributed by atoms with van der Waals surface area (Å²) in [7, 11) is -3.96. The van der Waals surface area contributed by atoms with Gasteiger partial charge in [0.25, 0.3) is 10.1 Å². The maximum Gasteiger partial charge on any atom is 2.00 e. The molecule has 2 rings (SSSR count). The Morgan fingerprint density at radius 2 is 1.93 bits per heavy atom. The fourth-order valence-electron chi connectivity index (χ4n) is 1.45. The van der Waals surface area contributed by atoms with Gasteiger partial charge in [0, 0.05) is 17.1 Å². The molecule has 0 bridgehead atoms. The van der Waals surface area contributed by atoms with Gasteiger partial charge >= 0.3 is 48.9 Å². The number of aromatic amines is 1. The van der Waals surface area contributed by atoms with Crippen molar-refractivity contribution in [3.05, 3.63) is 36.0 Å². The number of hydrogen-bond donors (Lipinski definition) is 2. The fraction of sp³-hybridized carbons (Fsp3) is 0.111. The molecule has 1 aromatic carbocycles. The van der Waals surface area contributed by atoms with Crippen molar-refractivity contribution in [1.29, 1.82) is 0 Å². The van der Waals surface area contributed by atoms with Crippen LogP contribution in [0.3, 0.4) is 0 Å². The van der Waals surface area contributed by atoms with Crippen molar-refractivity contribution in [2.45, 2.75) is 5.75 Å². The van der Waals surface area contributed by atoms with Gasteiger partial charge in [-0.2, -0.15) is 8.42 Å². The van der Waals surface area contributed by atoms with Crippen LogP contribution in [0.25, 0.3) is 10.9 Å². The molecule has 0 aliphatic carbocycles. The molecular weight excluding hydrogens is 339 g/mol. The largest absolute Gasteiger partial charge is 2.00 e. The molecule has 0 unspecified atom stereocenters. The maximum atomic E-state index is 10.7. The van der Waals surface area contributed by atoms with Crippen molar-refractivity contribution in [3.8, 4) is 0 Å². The summed E-state index contributed by atoms with van der Waals surface area (Å²) >= 11 is 0. The summed E-state index contributed by atoms with van der Waals surface area (Å²) in [5.41, 5.74) is 1.45. The quantitative estimate of drug-likeness (QED) is 0.632. The Bertz CT molecular complexity index is 561. The predicted octanol–water partition coefficient (Wildman–Crippen LogP) is 1.17. The molecule has 74 valence electrons. The molecule has 2 aromatic rings. The number of rotatable bonds is 2. The van der Waals surface area contributed by atoms with Gasteiger partial charge in [-0.3, -0.25) is 4.55 Å². The minimum absolute atomic E-state index is 0. The van der Waals surface area contributed by atoms with Crippen molar-refractivity contribution >= 4 is 69.9 Å². The zero-order chi connectivity index (χ0) is 10.2. The molecule has 1 aromatic heterocycles. The van der Waals surface area contributed by atoms with Crippen LogP contribution < -0.4 is 0 Å². The standard InChI is InChI=1S/C9H9NO3S.Ba/c11-14(12,13)6-7-5-10-9-4-2-1-3-8(7)9;/h1-5,10H,6H2,(H,11,12,13);/q;+2. The first-order chi connectivity index (χ1) is 6.56. The van der Waals surface area contributed by atoms with Gasteiger partial charge in [-0.1, -0.05) is 18.2 Å². The molecule has 0 amide bonds. The van der Waals surface area contributed by atoms with Crippen molar-refractivity contribution < 1.29 is 13.0 Å². The van der Waals surface area contributed by atoms with E-state index in [0.29, 0.717) is 5.56 Å². The van der Waals surface area contributed by atoms with Crippen LogP contribution >= 0.6 is 0 Å². The zero-order valence-electron chi connectivity index (χ0n) is 7.97. The molecule has 0 saturated carbocycles. The number of benzene rings is 1. The molecule has 0 saturated heterocycles. The average molecular weight is 349 g/mol. The topological polar surface area (TPSA) is 70.2 Å². The summed E-state index contributed by atoms with van der Waals surface area (Å²) < 4.78 is 30.1. The fourth-order valence-corrected chi connectivity index (χ4v) is 2.08. The summed E-state index contributed by atoms with van der Waals surface area (Å²) in [6.45, 7) is 0. The van der Waals surface area contributed by atoms with Crippen LogP contribution in [0.2, 0.25) is 0 Å². The summed E-state index contributed by atoms with van der Waals surface area (Å²) in [6, 6.07) is 7.34. The van der Waals surface area contributed by atoms with Gasteiger partial charge in [-0.05, 0) is 11.6 Å². The van der Waals surface area contributed by atoms with E-state index in [-0.39, 0.29) is 54.6 Å². The molecule has 1 heterocycles. The zero-order valence-corrected chi connectivity index (χ0v) is 13.2. The molecule has 15 heavy (non-hydrogen) atoms. The molecule has 6 heteroatoms. The van der Waals surface area contributed by atoms with Crippen molar-refractivity contribution in [2.24, 2.45) is 0 Å². The van der Waals surface area contributed by atoms with Crippen LogP contribution in [0.15, 0.2) is 30.5 Å². The maximum absolute atomic E-state index is 10.7. The number of nitrogens with one attached hydrogen (secondary N) is 1. The van der Waals surface area contributed by atoms with Gasteiger partial charge in [-0.25, -0.2) is 0 Å². The molecule has 0 radical (unpaired) electrons. The molecule has 0 fully saturated rings. The van der Waals surface area contributed by atoms with E-state index in [9.17, 15) is 8.42 Å². The summed E-state index contributed by atoms with van der Waals surface area (Å²) in [5.74, 6) is -0.350. The van der Waals surface area contributed by atoms with Gasteiger partial charge < -0.3 is 4.98 Å². The van der Waals surface area contributed by atoms with E-state index >= 15 is 0 Å². The van der Waals surface area contributed by atoms with Gasteiger partial charge in [0.1, 0.15) is 5.75 Å². The average Bonchev–Trinajstić information content (AvgIpc) is 2.47. The first kappa shape index (κ1) is 13.3. The van der Waals surface area contributed by atoms with E-state index in [1.165, 1.54) is 0 Å². The Kier molecular flexibility index (Phi) is 4.48. The van der Waals surface area contributed by atoms with E-state index < -0.39 is 10.1 Å². The minimum atomic E-state index is -3.96. The normalized spacial score (nSPS) is 11.3. The Morgan fingerprint density at radius 3 is 2.60 bits per heavy atom. The van der Waals surface area contributed by atoms with Gasteiger partial charge in [-0.15, -0.1) is 0 Å². The van der Waals surface area contributed by atoms with Crippen molar-refractivity contribution in [3.63, 3.8) is 0 Å². The first-order valence-corrected chi connectivity index (χ1v) is 5.67. The molecular formula is C9H9BaNO3S+2. The second-order valence-corrected chi connectivity index (χ2v) is 4.54. The number of fused-ring (bicyclic) bond motifs is 1. The van der Waals surface area contributed by atoms with Crippen LogP contribution in [0.4, 0.5) is 0 Å². The Labute approximate surface area is 128 Å². The third-order valence-corrected chi connectivity index (χ3v) is 2.69. The number of para-hydroxylation sites is 1. The van der Waals surface area contributed by atoms with E-state index in [4.69, 9.17) is 4.55 Å². The second-order valence-electron chi connectivity index (χ2n) is 3.09. The van der Waals surface area contributed by atoms with Gasteiger partial charge in [0.05, 0.1) is 0 Å². The molecule has 0 aliphatic heterocycles. The van der Waals surface area contributed by atoms with Gasteiger partial charge in [0.2, 0.25) is 0 Å². The van der Waals surface area contributed by atoms with Crippen LogP contribution in [-0.4, -0.2) is 66.8 Å². The smallest absolute Gasteiger partial charge is 0.361 e. The van der Waals surface area contributed by atoms with Crippen molar-refractivity contribution in [2.75, 3.05) is 0 Å². The van der Waals surface area contributed by atoms with Crippen LogP contribution in [-0.2, 0) is 15.9 Å². The van der Waals surface area contributed by atoms with Crippen molar-refractivity contribution in [1.82, 2.24) is 4.98 Å². The number of hydrogen-bond acceptors (Lipinski definition) is 2. The number of aromatic nitrogens is 1. The molecule has 2 N–H and O–H groups in total. The summed E-state index contributed by atoms with van der Waals surface area (Å²) in [5, 5.41) is 0.824. The Hall–Kier alpha value is 0.241. The molecule has 4 nitrogen and oxygen atoms in total.